The SMILES string of the molecule is Cc1ccc(C)c(-n2nnnc2S[C@@H](C)C(=O)N2CCc3ccccc3C2)c1. The highest BCUT2D eigenvalue weighted by atomic mass is 32.2. The summed E-state index contributed by atoms with van der Waals surface area (Å²) >= 11 is 1.40. The van der Waals surface area contributed by atoms with Crippen LogP contribution in [-0.4, -0.2) is 42.8 Å². The maximum Gasteiger partial charge on any atom is 0.236 e. The summed E-state index contributed by atoms with van der Waals surface area (Å²) in [7, 11) is 0. The second-order valence-electron chi connectivity index (χ2n) is 7.20. The molecule has 144 valence electrons. The molecule has 0 spiro atoms. The number of aromatic nitrogens is 4. The number of carbonyl (C=O) groups excluding carboxylic acids is 1. The molecule has 3 aromatic rings. The third-order valence-electron chi connectivity index (χ3n) is 5.11. The van der Waals surface area contributed by atoms with E-state index in [4.69, 9.17) is 0 Å². The molecule has 0 saturated carbocycles. The number of nitrogens with zero attached hydrogens (tertiary/aromatic N) is 5. The van der Waals surface area contributed by atoms with Crippen molar-refractivity contribution in [1.29, 1.82) is 0 Å². The van der Waals surface area contributed by atoms with Crippen LogP contribution in [0.5, 0.6) is 0 Å². The van der Waals surface area contributed by atoms with Crippen LogP contribution in [0.4, 0.5) is 0 Å². The minimum absolute atomic E-state index is 0.120. The number of amides is 1. The molecule has 0 fully saturated rings. The van der Waals surface area contributed by atoms with Gasteiger partial charge in [0, 0.05) is 13.1 Å². The average Bonchev–Trinajstić information content (AvgIpc) is 3.16. The van der Waals surface area contributed by atoms with Crippen LogP contribution >= 0.6 is 11.8 Å². The Morgan fingerprint density at radius 1 is 1.14 bits per heavy atom. The number of hydrogen-bond donors (Lipinski definition) is 0. The van der Waals surface area contributed by atoms with Crippen LogP contribution in [0.3, 0.4) is 0 Å². The molecule has 2 aromatic carbocycles. The molecule has 7 heteroatoms. The van der Waals surface area contributed by atoms with E-state index in [1.807, 2.05) is 31.7 Å². The van der Waals surface area contributed by atoms with Crippen LogP contribution in [0.15, 0.2) is 47.6 Å². The molecule has 6 nitrogen and oxygen atoms in total. The van der Waals surface area contributed by atoms with Gasteiger partial charge in [-0.2, -0.15) is 4.68 Å². The van der Waals surface area contributed by atoms with Gasteiger partial charge in [0.1, 0.15) is 0 Å². The summed E-state index contributed by atoms with van der Waals surface area (Å²) in [5.74, 6) is 0.120. The molecular formula is C21H23N5OS. The van der Waals surface area contributed by atoms with Crippen LogP contribution in [0, 0.1) is 13.8 Å². The zero-order valence-electron chi connectivity index (χ0n) is 16.3. The fourth-order valence-electron chi connectivity index (χ4n) is 3.50. The first-order chi connectivity index (χ1) is 13.5. The van der Waals surface area contributed by atoms with Gasteiger partial charge < -0.3 is 4.90 Å². The molecule has 4 rings (SSSR count). The van der Waals surface area contributed by atoms with E-state index in [-0.39, 0.29) is 11.2 Å². The molecule has 1 aromatic heterocycles. The normalized spacial score (nSPS) is 14.6. The summed E-state index contributed by atoms with van der Waals surface area (Å²) < 4.78 is 1.72. The Hall–Kier alpha value is -2.67. The summed E-state index contributed by atoms with van der Waals surface area (Å²) in [5.41, 5.74) is 5.75. The molecule has 1 aliphatic heterocycles. The lowest BCUT2D eigenvalue weighted by Gasteiger charge is -2.30. The highest BCUT2D eigenvalue weighted by Gasteiger charge is 2.27. The summed E-state index contributed by atoms with van der Waals surface area (Å²) in [5, 5.41) is 12.5. The Morgan fingerprint density at radius 3 is 2.75 bits per heavy atom. The summed E-state index contributed by atoms with van der Waals surface area (Å²) in [6.07, 6.45) is 0.902. The standard InChI is InChI=1S/C21H23N5OS/c1-14-8-9-15(2)19(12-14)26-21(22-23-24-26)28-16(3)20(27)25-11-10-17-6-4-5-7-18(17)13-25/h4-9,12,16H,10-11,13H2,1-3H3/t16-/m0/s1. The maximum atomic E-state index is 13.0. The topological polar surface area (TPSA) is 63.9 Å². The monoisotopic (exact) mass is 393 g/mol. The molecule has 0 bridgehead atoms. The van der Waals surface area contributed by atoms with Gasteiger partial charge in [0.05, 0.1) is 10.9 Å². The van der Waals surface area contributed by atoms with Crippen molar-refractivity contribution in [3.8, 4) is 5.69 Å². The van der Waals surface area contributed by atoms with Crippen LogP contribution in [-0.2, 0) is 17.8 Å². The van der Waals surface area contributed by atoms with Crippen molar-refractivity contribution >= 4 is 17.7 Å². The Labute approximate surface area is 168 Å². The Bertz CT molecular complexity index is 1020. The van der Waals surface area contributed by atoms with E-state index >= 15 is 0 Å². The van der Waals surface area contributed by atoms with Gasteiger partial charge in [-0.15, -0.1) is 5.10 Å². The Morgan fingerprint density at radius 2 is 1.93 bits per heavy atom. The summed E-state index contributed by atoms with van der Waals surface area (Å²) in [4.78, 5) is 15.0. The van der Waals surface area contributed by atoms with Crippen LogP contribution in [0.1, 0.15) is 29.2 Å². The second-order valence-corrected chi connectivity index (χ2v) is 8.51. The van der Waals surface area contributed by atoms with E-state index in [0.29, 0.717) is 11.7 Å². The van der Waals surface area contributed by atoms with Crippen molar-refractivity contribution < 1.29 is 4.79 Å². The third kappa shape index (κ3) is 3.67. The zero-order valence-corrected chi connectivity index (χ0v) is 17.1. The lowest BCUT2D eigenvalue weighted by atomic mass is 10.00. The Balaban J connectivity index is 1.51. The third-order valence-corrected chi connectivity index (χ3v) is 6.13. The molecule has 0 N–H and O–H groups in total. The van der Waals surface area contributed by atoms with Crippen molar-refractivity contribution in [2.24, 2.45) is 0 Å². The average molecular weight is 394 g/mol. The first kappa shape index (κ1) is 18.7. The first-order valence-electron chi connectivity index (χ1n) is 9.41. The number of tetrazole rings is 1. The molecule has 0 saturated heterocycles. The quantitative estimate of drug-likeness (QED) is 0.636. The molecule has 28 heavy (non-hydrogen) atoms. The van der Waals surface area contributed by atoms with Gasteiger partial charge in [-0.25, -0.2) is 0 Å². The van der Waals surface area contributed by atoms with Crippen LogP contribution in [0.2, 0.25) is 0 Å². The fraction of sp³-hybridized carbons (Fsp3) is 0.333. The number of fused-ring (bicyclic) bond motifs is 1. The summed E-state index contributed by atoms with van der Waals surface area (Å²) in [6, 6.07) is 14.5. The van der Waals surface area contributed by atoms with Crippen molar-refractivity contribution in [2.45, 2.75) is 44.1 Å². The predicted octanol–water partition coefficient (Wildman–Crippen LogP) is 3.34. The fourth-order valence-corrected chi connectivity index (χ4v) is 4.39. The Kier molecular flexibility index (Phi) is 5.17. The van der Waals surface area contributed by atoms with Gasteiger partial charge in [-0.3, -0.25) is 4.79 Å². The van der Waals surface area contributed by atoms with E-state index in [1.165, 1.54) is 22.9 Å². The van der Waals surface area contributed by atoms with Gasteiger partial charge in [-0.1, -0.05) is 48.2 Å². The molecule has 1 atom stereocenters. The minimum atomic E-state index is -0.264. The van der Waals surface area contributed by atoms with Crippen molar-refractivity contribution in [2.75, 3.05) is 6.54 Å². The van der Waals surface area contributed by atoms with Gasteiger partial charge in [0.25, 0.3) is 0 Å². The van der Waals surface area contributed by atoms with E-state index < -0.39 is 0 Å². The lowest BCUT2D eigenvalue weighted by molar-refractivity contribution is -0.131. The highest BCUT2D eigenvalue weighted by molar-refractivity contribution is 8.00. The first-order valence-corrected chi connectivity index (χ1v) is 10.3. The highest BCUT2D eigenvalue weighted by Crippen LogP contribution is 2.27. The molecule has 1 amide bonds. The van der Waals surface area contributed by atoms with Gasteiger partial charge in [0.15, 0.2) is 0 Å². The van der Waals surface area contributed by atoms with Crippen LogP contribution in [0.25, 0.3) is 5.69 Å². The lowest BCUT2D eigenvalue weighted by Crippen LogP contribution is -2.40. The van der Waals surface area contributed by atoms with Gasteiger partial charge in [0.2, 0.25) is 11.1 Å². The number of benzene rings is 2. The van der Waals surface area contributed by atoms with Crippen molar-refractivity contribution in [1.82, 2.24) is 25.1 Å². The number of hydrogen-bond acceptors (Lipinski definition) is 5. The predicted molar refractivity (Wildman–Crippen MR) is 110 cm³/mol. The number of rotatable bonds is 4. The van der Waals surface area contributed by atoms with E-state index in [1.54, 1.807) is 4.68 Å². The maximum absolute atomic E-state index is 13.0. The molecule has 0 aliphatic carbocycles. The molecular weight excluding hydrogens is 370 g/mol. The number of carbonyl (C=O) groups is 1. The van der Waals surface area contributed by atoms with E-state index in [0.717, 1.165) is 29.8 Å². The van der Waals surface area contributed by atoms with E-state index in [2.05, 4.69) is 51.9 Å². The number of aryl methyl sites for hydroxylation is 2. The minimum Gasteiger partial charge on any atom is -0.337 e. The second kappa shape index (κ2) is 7.75. The largest absolute Gasteiger partial charge is 0.337 e. The molecule has 0 unspecified atom stereocenters. The van der Waals surface area contributed by atoms with Gasteiger partial charge in [-0.05, 0) is 65.9 Å². The van der Waals surface area contributed by atoms with Crippen molar-refractivity contribution in [3.05, 3.63) is 64.7 Å². The van der Waals surface area contributed by atoms with Crippen LogP contribution < -0.4 is 0 Å². The summed E-state index contributed by atoms with van der Waals surface area (Å²) in [6.45, 7) is 7.42. The molecule has 2 heterocycles. The molecule has 1 aliphatic rings. The van der Waals surface area contributed by atoms with Gasteiger partial charge >= 0.3 is 0 Å². The zero-order chi connectivity index (χ0) is 19.7. The number of thioether (sulfide) groups is 1. The van der Waals surface area contributed by atoms with Crippen molar-refractivity contribution in [3.63, 3.8) is 0 Å². The van der Waals surface area contributed by atoms with E-state index in [9.17, 15) is 4.79 Å². The smallest absolute Gasteiger partial charge is 0.236 e. The molecule has 0 radical (unpaired) electrons.